The monoisotopic (exact) mass is 420 g/mol. The number of aliphatic hydroxyl groups excluding tert-OH is 1. The summed E-state index contributed by atoms with van der Waals surface area (Å²) in [7, 11) is 0. The summed E-state index contributed by atoms with van der Waals surface area (Å²) in [5.74, 6) is -3.82. The first-order valence-electron chi connectivity index (χ1n) is 8.67. The van der Waals surface area contributed by atoms with Crippen LogP contribution in [-0.4, -0.2) is 61.9 Å². The van der Waals surface area contributed by atoms with Gasteiger partial charge in [-0.25, -0.2) is 4.79 Å². The van der Waals surface area contributed by atoms with Crippen molar-refractivity contribution in [1.82, 2.24) is 10.2 Å². The van der Waals surface area contributed by atoms with Crippen LogP contribution in [0, 0.1) is 21.4 Å². The van der Waals surface area contributed by atoms with Crippen molar-refractivity contribution in [2.75, 3.05) is 13.1 Å². The number of aliphatic hydroxyl groups is 1. The van der Waals surface area contributed by atoms with E-state index in [1.54, 1.807) is 20.8 Å². The van der Waals surface area contributed by atoms with Crippen molar-refractivity contribution in [2.24, 2.45) is 0 Å². The zero-order chi connectivity index (χ0) is 22.8. The van der Waals surface area contributed by atoms with E-state index in [0.717, 1.165) is 6.07 Å². The predicted molar refractivity (Wildman–Crippen MR) is 101 cm³/mol. The Morgan fingerprint density at radius 3 is 2.43 bits per heavy atom. The number of carbonyl (C=O) groups excluding carboxylic acids is 2. The number of amides is 2. The van der Waals surface area contributed by atoms with Crippen molar-refractivity contribution in [3.05, 3.63) is 33.4 Å². The van der Waals surface area contributed by atoms with Crippen molar-refractivity contribution in [1.29, 1.82) is 5.26 Å². The molecule has 1 aromatic carbocycles. The van der Waals surface area contributed by atoms with Gasteiger partial charge in [0.05, 0.1) is 11.0 Å². The van der Waals surface area contributed by atoms with Crippen LogP contribution in [0.5, 0.6) is 11.5 Å². The Morgan fingerprint density at radius 2 is 1.93 bits per heavy atom. The molecule has 0 radical (unpaired) electrons. The van der Waals surface area contributed by atoms with E-state index in [1.165, 1.54) is 11.0 Å². The average molecular weight is 420 g/mol. The topological polar surface area (TPSA) is 186 Å². The second-order valence-electron chi connectivity index (χ2n) is 7.51. The number of nitro benzene ring substituents is 1. The molecule has 2 amide bonds. The summed E-state index contributed by atoms with van der Waals surface area (Å²) in [6, 6.07) is 2.49. The van der Waals surface area contributed by atoms with Gasteiger partial charge in [0.2, 0.25) is 5.75 Å². The second kappa shape index (κ2) is 8.16. The third-order valence-electron chi connectivity index (χ3n) is 3.98. The molecule has 0 unspecified atom stereocenters. The number of nitro groups is 1. The van der Waals surface area contributed by atoms with Crippen LogP contribution in [0.2, 0.25) is 0 Å². The maximum atomic E-state index is 12.3. The van der Waals surface area contributed by atoms with E-state index >= 15 is 0 Å². The summed E-state index contributed by atoms with van der Waals surface area (Å²) >= 11 is 0. The summed E-state index contributed by atoms with van der Waals surface area (Å²) in [5.41, 5.74) is -2.76. The maximum Gasteiger partial charge on any atom is 0.410 e. The lowest BCUT2D eigenvalue weighted by Crippen LogP contribution is -2.61. The van der Waals surface area contributed by atoms with Crippen LogP contribution in [0.4, 0.5) is 10.5 Å². The van der Waals surface area contributed by atoms with Crippen molar-refractivity contribution < 1.29 is 34.6 Å². The normalized spacial score (nSPS) is 14.8. The molecule has 1 saturated heterocycles. The minimum atomic E-state index is -1.02. The van der Waals surface area contributed by atoms with Crippen LogP contribution in [0.3, 0.4) is 0 Å². The van der Waals surface area contributed by atoms with Gasteiger partial charge in [-0.2, -0.15) is 5.26 Å². The number of phenols is 2. The number of hydrogen-bond donors (Lipinski definition) is 4. The standard InChI is InChI=1S/C18H20N4O8/c1-18(2,3)30-17(27)21-7-10(8-21)20-16(26)11(6-19)14(24)9-4-12(22(28)29)15(25)13(23)5-9/h4-5,10,23-25H,7-8H2,1-3H3,(H,20,26)/b14-11-. The zero-order valence-electron chi connectivity index (χ0n) is 16.4. The van der Waals surface area contributed by atoms with E-state index in [0.29, 0.717) is 6.07 Å². The minimum Gasteiger partial charge on any atom is -0.506 e. The molecule has 0 bridgehead atoms. The number of benzene rings is 1. The molecule has 2 rings (SSSR count). The van der Waals surface area contributed by atoms with Gasteiger partial charge in [0, 0.05) is 24.7 Å². The molecule has 12 nitrogen and oxygen atoms in total. The van der Waals surface area contributed by atoms with Gasteiger partial charge in [-0.15, -0.1) is 0 Å². The molecule has 1 aromatic rings. The third-order valence-corrected chi connectivity index (χ3v) is 3.98. The number of likely N-dealkylation sites (tertiary alicyclic amines) is 1. The van der Waals surface area contributed by atoms with E-state index in [2.05, 4.69) is 5.32 Å². The van der Waals surface area contributed by atoms with Crippen LogP contribution in [0.25, 0.3) is 5.76 Å². The fourth-order valence-electron chi connectivity index (χ4n) is 2.54. The number of ether oxygens (including phenoxy) is 1. The maximum absolute atomic E-state index is 12.3. The SMILES string of the molecule is CC(C)(C)OC(=O)N1CC(NC(=O)/C(C#N)=C(\O)c2cc(O)c(O)c([N+](=O)[O-])c2)C1. The molecule has 0 aliphatic carbocycles. The van der Waals surface area contributed by atoms with Gasteiger partial charge in [0.15, 0.2) is 11.3 Å². The molecule has 1 fully saturated rings. The van der Waals surface area contributed by atoms with Gasteiger partial charge >= 0.3 is 11.8 Å². The number of rotatable bonds is 4. The van der Waals surface area contributed by atoms with Crippen LogP contribution in [0.15, 0.2) is 17.7 Å². The smallest absolute Gasteiger partial charge is 0.410 e. The summed E-state index contributed by atoms with van der Waals surface area (Å²) in [4.78, 5) is 35.5. The molecule has 0 aromatic heterocycles. The highest BCUT2D eigenvalue weighted by Crippen LogP contribution is 2.38. The Morgan fingerprint density at radius 1 is 1.33 bits per heavy atom. The van der Waals surface area contributed by atoms with Gasteiger partial charge in [-0.3, -0.25) is 14.9 Å². The molecule has 1 aliphatic rings. The minimum absolute atomic E-state index is 0.131. The predicted octanol–water partition coefficient (Wildman–Crippen LogP) is 1.53. The number of aromatic hydroxyl groups is 2. The molecule has 0 atom stereocenters. The van der Waals surface area contributed by atoms with Gasteiger partial charge in [0.1, 0.15) is 17.4 Å². The fourth-order valence-corrected chi connectivity index (χ4v) is 2.54. The van der Waals surface area contributed by atoms with Crippen LogP contribution < -0.4 is 5.32 Å². The Labute approximate surface area is 170 Å². The first-order valence-corrected chi connectivity index (χ1v) is 8.67. The number of nitrogens with zero attached hydrogens (tertiary/aromatic N) is 3. The summed E-state index contributed by atoms with van der Waals surface area (Å²) in [5, 5.41) is 52.0. The van der Waals surface area contributed by atoms with Crippen LogP contribution >= 0.6 is 0 Å². The highest BCUT2D eigenvalue weighted by molar-refractivity contribution is 6.04. The van der Waals surface area contributed by atoms with Crippen molar-refractivity contribution in [3.63, 3.8) is 0 Å². The molecular weight excluding hydrogens is 400 g/mol. The lowest BCUT2D eigenvalue weighted by atomic mass is 10.1. The molecule has 1 heterocycles. The summed E-state index contributed by atoms with van der Waals surface area (Å²) < 4.78 is 5.18. The average Bonchev–Trinajstić information content (AvgIpc) is 2.58. The third kappa shape index (κ3) is 4.88. The van der Waals surface area contributed by atoms with Crippen LogP contribution in [0.1, 0.15) is 26.3 Å². The lowest BCUT2D eigenvalue weighted by Gasteiger charge is -2.39. The first kappa shape index (κ1) is 22.3. The molecule has 30 heavy (non-hydrogen) atoms. The quantitative estimate of drug-likeness (QED) is 0.140. The Hall–Kier alpha value is -4.01. The van der Waals surface area contributed by atoms with E-state index in [4.69, 9.17) is 4.74 Å². The summed E-state index contributed by atoms with van der Waals surface area (Å²) in [6.07, 6.45) is -0.557. The molecule has 1 aliphatic heterocycles. The van der Waals surface area contributed by atoms with Gasteiger partial charge in [-0.1, -0.05) is 0 Å². The van der Waals surface area contributed by atoms with Crippen molar-refractivity contribution in [3.8, 4) is 17.6 Å². The van der Waals surface area contributed by atoms with Crippen molar-refractivity contribution in [2.45, 2.75) is 32.4 Å². The molecule has 0 saturated carbocycles. The van der Waals surface area contributed by atoms with E-state index < -0.39 is 62.6 Å². The van der Waals surface area contributed by atoms with Crippen LogP contribution in [-0.2, 0) is 9.53 Å². The summed E-state index contributed by atoms with van der Waals surface area (Å²) in [6.45, 7) is 5.39. The van der Waals surface area contributed by atoms with Gasteiger partial charge in [-0.05, 0) is 26.8 Å². The fraction of sp³-hybridized carbons (Fsp3) is 0.389. The van der Waals surface area contributed by atoms with Gasteiger partial charge in [0.25, 0.3) is 5.91 Å². The highest BCUT2D eigenvalue weighted by atomic mass is 16.6. The Bertz CT molecular complexity index is 968. The Kier molecular flexibility index (Phi) is 6.06. The van der Waals surface area contributed by atoms with E-state index in [9.17, 15) is 40.3 Å². The highest BCUT2D eigenvalue weighted by Gasteiger charge is 2.35. The van der Waals surface area contributed by atoms with E-state index in [-0.39, 0.29) is 13.1 Å². The first-order chi connectivity index (χ1) is 13.8. The number of carbonyl (C=O) groups is 2. The molecule has 0 spiro atoms. The molecule has 160 valence electrons. The number of phenolic OH excluding ortho intramolecular Hbond substituents is 2. The zero-order valence-corrected chi connectivity index (χ0v) is 16.4. The molecular formula is C18H20N4O8. The number of nitrogens with one attached hydrogen (secondary N) is 1. The Balaban J connectivity index is 2.14. The van der Waals surface area contributed by atoms with Crippen molar-refractivity contribution >= 4 is 23.4 Å². The second-order valence-corrected chi connectivity index (χ2v) is 7.51. The number of hydrogen-bond acceptors (Lipinski definition) is 9. The van der Waals surface area contributed by atoms with Gasteiger partial charge < -0.3 is 30.3 Å². The molecule has 12 heteroatoms. The van der Waals surface area contributed by atoms with E-state index in [1.807, 2.05) is 0 Å². The largest absolute Gasteiger partial charge is 0.506 e. The lowest BCUT2D eigenvalue weighted by molar-refractivity contribution is -0.386. The molecule has 4 N–H and O–H groups in total. The number of nitriles is 1.